The number of hydrogen-bond acceptors (Lipinski definition) is 4. The number of anilines is 1. The van der Waals surface area contributed by atoms with Crippen LogP contribution >= 0.6 is 11.8 Å². The molecule has 2 aliphatic heterocycles. The van der Waals surface area contributed by atoms with E-state index in [1.165, 1.54) is 29.5 Å². The Kier molecular flexibility index (Phi) is 5.74. The number of fused-ring (bicyclic) bond motifs is 1. The van der Waals surface area contributed by atoms with Gasteiger partial charge in [0.05, 0.1) is 17.5 Å². The molecular weight excluding hydrogens is 411 g/mol. The molecule has 0 saturated carbocycles. The van der Waals surface area contributed by atoms with Crippen LogP contribution in [-0.2, 0) is 21.1 Å². The average Bonchev–Trinajstić information content (AvgIpc) is 3.13. The minimum absolute atomic E-state index is 0.0115. The molecule has 2 aromatic carbocycles. The first-order valence-corrected chi connectivity index (χ1v) is 12.2. The summed E-state index contributed by atoms with van der Waals surface area (Å²) in [4.78, 5) is 18.5. The Balaban J connectivity index is 1.51. The molecular formula is C21H21FN2O3S2. The zero-order valence-corrected chi connectivity index (χ0v) is 17.3. The van der Waals surface area contributed by atoms with Gasteiger partial charge in [-0.2, -0.15) is 4.99 Å². The number of benzene rings is 2. The van der Waals surface area contributed by atoms with Gasteiger partial charge in [0.15, 0.2) is 15.0 Å². The normalized spacial score (nSPS) is 24.0. The Morgan fingerprint density at radius 3 is 2.69 bits per heavy atom. The van der Waals surface area contributed by atoms with Crippen molar-refractivity contribution < 1.29 is 17.6 Å². The fourth-order valence-corrected chi connectivity index (χ4v) is 7.67. The standard InChI is InChI=1S/C21H21FN2O3S2/c22-16-9-5-10-17(12-16)24-18-13-29(26,27)14-19(18)28-21(24)23-20(25)11-4-8-15-6-2-1-3-7-15/h1-3,5-7,9-10,12,18-19H,4,8,11,13-14H2/t18-,19+/m0/s1. The topological polar surface area (TPSA) is 66.8 Å². The Hall–Kier alpha value is -2.19. The van der Waals surface area contributed by atoms with E-state index in [1.54, 1.807) is 17.0 Å². The summed E-state index contributed by atoms with van der Waals surface area (Å²) in [6.07, 6.45) is 1.79. The molecule has 2 atom stereocenters. The molecule has 2 heterocycles. The van der Waals surface area contributed by atoms with Gasteiger partial charge < -0.3 is 4.90 Å². The van der Waals surface area contributed by atoms with Crippen molar-refractivity contribution in [2.24, 2.45) is 4.99 Å². The predicted molar refractivity (Wildman–Crippen MR) is 115 cm³/mol. The van der Waals surface area contributed by atoms with Gasteiger partial charge in [0.1, 0.15) is 5.82 Å². The molecule has 152 valence electrons. The minimum atomic E-state index is -3.15. The van der Waals surface area contributed by atoms with Crippen LogP contribution in [0.4, 0.5) is 10.1 Å². The molecule has 2 saturated heterocycles. The van der Waals surface area contributed by atoms with Crippen molar-refractivity contribution in [1.82, 2.24) is 0 Å². The number of amides is 1. The van der Waals surface area contributed by atoms with Gasteiger partial charge in [-0.3, -0.25) is 4.79 Å². The van der Waals surface area contributed by atoms with Gasteiger partial charge in [-0.15, -0.1) is 0 Å². The Labute approximate surface area is 173 Å². The Bertz CT molecular complexity index is 1040. The summed E-state index contributed by atoms with van der Waals surface area (Å²) in [7, 11) is -3.15. The van der Waals surface area contributed by atoms with Crippen LogP contribution < -0.4 is 4.90 Å². The van der Waals surface area contributed by atoms with E-state index in [2.05, 4.69) is 4.99 Å². The van der Waals surface area contributed by atoms with Gasteiger partial charge in [-0.25, -0.2) is 12.8 Å². The quantitative estimate of drug-likeness (QED) is 0.724. The summed E-state index contributed by atoms with van der Waals surface area (Å²) < 4.78 is 37.9. The summed E-state index contributed by atoms with van der Waals surface area (Å²) in [5.41, 5.74) is 1.70. The number of aryl methyl sites for hydroxylation is 1. The number of amidine groups is 1. The second-order valence-electron chi connectivity index (χ2n) is 7.28. The average molecular weight is 433 g/mol. The second kappa shape index (κ2) is 8.28. The summed E-state index contributed by atoms with van der Waals surface area (Å²) in [5.74, 6) is -0.615. The summed E-state index contributed by atoms with van der Waals surface area (Å²) in [6.45, 7) is 0. The van der Waals surface area contributed by atoms with Crippen LogP contribution in [-0.4, -0.2) is 42.3 Å². The number of nitrogens with zero attached hydrogens (tertiary/aromatic N) is 2. The van der Waals surface area contributed by atoms with E-state index in [4.69, 9.17) is 0 Å². The van der Waals surface area contributed by atoms with E-state index in [9.17, 15) is 17.6 Å². The second-order valence-corrected chi connectivity index (χ2v) is 10.6. The highest BCUT2D eigenvalue weighted by Gasteiger charge is 2.49. The highest BCUT2D eigenvalue weighted by atomic mass is 32.2. The van der Waals surface area contributed by atoms with Crippen molar-refractivity contribution in [2.45, 2.75) is 30.6 Å². The number of thioether (sulfide) groups is 1. The Morgan fingerprint density at radius 1 is 1.14 bits per heavy atom. The van der Waals surface area contributed by atoms with Crippen LogP contribution in [0.2, 0.25) is 0 Å². The van der Waals surface area contributed by atoms with Crippen LogP contribution in [0.25, 0.3) is 0 Å². The zero-order valence-electron chi connectivity index (χ0n) is 15.7. The number of halogens is 1. The molecule has 2 fully saturated rings. The number of carbonyl (C=O) groups is 1. The first-order valence-electron chi connectivity index (χ1n) is 9.49. The molecule has 2 aliphatic rings. The van der Waals surface area contributed by atoms with E-state index < -0.39 is 15.7 Å². The van der Waals surface area contributed by atoms with Gasteiger partial charge in [0.25, 0.3) is 0 Å². The maximum Gasteiger partial charge on any atom is 0.248 e. The SMILES string of the molecule is O=C(CCCc1ccccc1)N=C1S[C@@H]2CS(=O)(=O)C[C@@H]2N1c1cccc(F)c1. The molecule has 8 heteroatoms. The fourth-order valence-electron chi connectivity index (χ4n) is 3.74. The molecule has 5 nitrogen and oxygen atoms in total. The zero-order chi connectivity index (χ0) is 20.4. The maximum atomic E-state index is 13.8. The molecule has 2 aromatic rings. The van der Waals surface area contributed by atoms with Gasteiger partial charge in [-0.1, -0.05) is 48.2 Å². The highest BCUT2D eigenvalue weighted by molar-refractivity contribution is 8.16. The smallest absolute Gasteiger partial charge is 0.248 e. The number of sulfone groups is 1. The van der Waals surface area contributed by atoms with Crippen molar-refractivity contribution in [3.63, 3.8) is 0 Å². The third kappa shape index (κ3) is 4.70. The summed E-state index contributed by atoms with van der Waals surface area (Å²) in [5, 5.41) is 0.268. The van der Waals surface area contributed by atoms with E-state index >= 15 is 0 Å². The van der Waals surface area contributed by atoms with E-state index in [0.717, 1.165) is 6.42 Å². The maximum absolute atomic E-state index is 13.8. The van der Waals surface area contributed by atoms with Crippen LogP contribution in [0.3, 0.4) is 0 Å². The lowest BCUT2D eigenvalue weighted by Crippen LogP contribution is -2.37. The molecule has 0 N–H and O–H groups in total. The largest absolute Gasteiger partial charge is 0.315 e. The first kappa shape index (κ1) is 20.1. The van der Waals surface area contributed by atoms with Crippen molar-refractivity contribution >= 4 is 38.4 Å². The molecule has 4 rings (SSSR count). The van der Waals surface area contributed by atoms with Gasteiger partial charge in [-0.05, 0) is 36.6 Å². The molecule has 0 bridgehead atoms. The highest BCUT2D eigenvalue weighted by Crippen LogP contribution is 2.41. The lowest BCUT2D eigenvalue weighted by atomic mass is 10.1. The van der Waals surface area contributed by atoms with Crippen molar-refractivity contribution in [3.05, 3.63) is 66.0 Å². The van der Waals surface area contributed by atoms with E-state index in [-0.39, 0.29) is 28.7 Å². The monoisotopic (exact) mass is 432 g/mol. The third-order valence-corrected chi connectivity index (χ3v) is 8.28. The lowest BCUT2D eigenvalue weighted by molar-refractivity contribution is -0.117. The summed E-state index contributed by atoms with van der Waals surface area (Å²) >= 11 is 1.30. The van der Waals surface area contributed by atoms with Crippen LogP contribution in [0.15, 0.2) is 59.6 Å². The van der Waals surface area contributed by atoms with E-state index in [0.29, 0.717) is 23.7 Å². The number of hydrogen-bond donors (Lipinski definition) is 0. The fraction of sp³-hybridized carbons (Fsp3) is 0.333. The van der Waals surface area contributed by atoms with E-state index in [1.807, 2.05) is 30.3 Å². The number of aliphatic imine (C=N–C) groups is 1. The molecule has 0 radical (unpaired) electrons. The first-order chi connectivity index (χ1) is 13.9. The molecule has 0 spiro atoms. The van der Waals surface area contributed by atoms with Crippen molar-refractivity contribution in [1.29, 1.82) is 0 Å². The molecule has 0 aromatic heterocycles. The van der Waals surface area contributed by atoms with Crippen LogP contribution in [0.5, 0.6) is 0 Å². The summed E-state index contributed by atoms with van der Waals surface area (Å²) in [6, 6.07) is 15.6. The minimum Gasteiger partial charge on any atom is -0.315 e. The van der Waals surface area contributed by atoms with Gasteiger partial charge in [0.2, 0.25) is 5.91 Å². The number of carbonyl (C=O) groups excluding carboxylic acids is 1. The molecule has 1 amide bonds. The molecule has 0 unspecified atom stereocenters. The molecule has 29 heavy (non-hydrogen) atoms. The van der Waals surface area contributed by atoms with Crippen LogP contribution in [0, 0.1) is 5.82 Å². The molecule has 0 aliphatic carbocycles. The lowest BCUT2D eigenvalue weighted by Gasteiger charge is -2.24. The van der Waals surface area contributed by atoms with Crippen LogP contribution in [0.1, 0.15) is 18.4 Å². The van der Waals surface area contributed by atoms with Crippen molar-refractivity contribution in [3.8, 4) is 0 Å². The Morgan fingerprint density at radius 2 is 1.93 bits per heavy atom. The van der Waals surface area contributed by atoms with Gasteiger partial charge in [0, 0.05) is 17.4 Å². The predicted octanol–water partition coefficient (Wildman–Crippen LogP) is 3.45. The van der Waals surface area contributed by atoms with Crippen molar-refractivity contribution in [2.75, 3.05) is 16.4 Å². The van der Waals surface area contributed by atoms with Gasteiger partial charge >= 0.3 is 0 Å². The third-order valence-electron chi connectivity index (χ3n) is 5.07. The number of rotatable bonds is 5.